The zero-order valence-corrected chi connectivity index (χ0v) is 12.4. The van der Waals surface area contributed by atoms with Gasteiger partial charge in [-0.15, -0.1) is 0 Å². The van der Waals surface area contributed by atoms with Crippen LogP contribution in [-0.2, 0) is 4.79 Å². The lowest BCUT2D eigenvalue weighted by Gasteiger charge is -2.15. The average Bonchev–Trinajstić information content (AvgIpc) is 2.38. The highest BCUT2D eigenvalue weighted by molar-refractivity contribution is 9.10. The first-order chi connectivity index (χ1) is 9.35. The Bertz CT molecular complexity index is 547. The summed E-state index contributed by atoms with van der Waals surface area (Å²) in [5.74, 6) is -1.82. The van der Waals surface area contributed by atoms with Crippen LogP contribution in [0, 0.1) is 0 Å². The fraction of sp³-hybridized carbons (Fsp3) is 0.250. The summed E-state index contributed by atoms with van der Waals surface area (Å²) in [6.45, 7) is 1.41. The summed E-state index contributed by atoms with van der Waals surface area (Å²) in [6, 6.07) is 3.67. The van der Waals surface area contributed by atoms with Gasteiger partial charge in [-0.1, -0.05) is 15.9 Å². The van der Waals surface area contributed by atoms with Gasteiger partial charge in [0, 0.05) is 11.5 Å². The number of benzene rings is 1. The molecule has 108 valence electrons. The van der Waals surface area contributed by atoms with Crippen LogP contribution in [0.3, 0.4) is 0 Å². The maximum absolute atomic E-state index is 11.6. The first-order valence-electron chi connectivity index (χ1n) is 5.57. The molecule has 20 heavy (non-hydrogen) atoms. The molecule has 1 rings (SSSR count). The Morgan fingerprint density at radius 3 is 2.55 bits per heavy atom. The molecule has 3 amide bonds. The molecular weight excluding hydrogens is 332 g/mol. The van der Waals surface area contributed by atoms with Gasteiger partial charge in [0.05, 0.1) is 0 Å². The molecule has 0 aromatic heterocycles. The van der Waals surface area contributed by atoms with Gasteiger partial charge in [0.15, 0.2) is 6.10 Å². The number of hydrogen-bond acceptors (Lipinski definition) is 4. The molecule has 0 aliphatic heterocycles. The first kappa shape index (κ1) is 16.0. The quantitative estimate of drug-likeness (QED) is 0.765. The van der Waals surface area contributed by atoms with Crippen LogP contribution in [0.5, 0.6) is 5.75 Å². The van der Waals surface area contributed by atoms with Crippen LogP contribution >= 0.6 is 15.9 Å². The number of halogens is 1. The normalized spacial score (nSPS) is 11.3. The summed E-state index contributed by atoms with van der Waals surface area (Å²) in [5, 5.41) is 13.3. The van der Waals surface area contributed by atoms with Gasteiger partial charge in [0.2, 0.25) is 0 Å². The molecule has 1 aromatic carbocycles. The molecule has 3 N–H and O–H groups in total. The number of amides is 3. The minimum Gasteiger partial charge on any atom is -0.480 e. The lowest BCUT2D eigenvalue weighted by atomic mass is 10.2. The third-order valence-corrected chi connectivity index (χ3v) is 2.80. The summed E-state index contributed by atoms with van der Waals surface area (Å²) in [6.07, 6.45) is -1.03. The van der Waals surface area contributed by atoms with Gasteiger partial charge in [-0.2, -0.15) is 0 Å². The van der Waals surface area contributed by atoms with Crippen molar-refractivity contribution in [2.75, 3.05) is 7.05 Å². The number of carboxylic acid groups (broad SMARTS) is 1. The van der Waals surface area contributed by atoms with E-state index >= 15 is 0 Å². The van der Waals surface area contributed by atoms with Gasteiger partial charge in [0.1, 0.15) is 11.3 Å². The number of ether oxygens (including phenoxy) is 1. The predicted octanol–water partition coefficient (Wildman–Crippen LogP) is 1.37. The predicted molar refractivity (Wildman–Crippen MR) is 73.8 cm³/mol. The molecule has 0 aliphatic carbocycles. The molecule has 0 bridgehead atoms. The second-order valence-electron chi connectivity index (χ2n) is 3.77. The monoisotopic (exact) mass is 344 g/mol. The van der Waals surface area contributed by atoms with Crippen molar-refractivity contribution in [1.29, 1.82) is 0 Å². The summed E-state index contributed by atoms with van der Waals surface area (Å²) < 4.78 is 5.90. The maximum Gasteiger partial charge on any atom is 0.339 e. The van der Waals surface area contributed by atoms with Crippen LogP contribution in [0.2, 0.25) is 0 Å². The largest absolute Gasteiger partial charge is 0.480 e. The van der Waals surface area contributed by atoms with E-state index in [-0.39, 0.29) is 11.3 Å². The lowest BCUT2D eigenvalue weighted by molar-refractivity contribution is -0.126. The van der Waals surface area contributed by atoms with Crippen molar-refractivity contribution < 1.29 is 24.2 Å². The minimum absolute atomic E-state index is 0.0337. The standard InChI is InChI=1S/C12H13BrN2O5/c1-6(10(16)15-12(19)14-2)20-9-5-7(13)3-4-8(9)11(17)18/h3-6H,1-2H3,(H,17,18)(H2,14,15,16,19). The fourth-order valence-corrected chi connectivity index (χ4v) is 1.63. The van der Waals surface area contributed by atoms with Crippen molar-refractivity contribution in [2.24, 2.45) is 0 Å². The third-order valence-electron chi connectivity index (χ3n) is 2.31. The second-order valence-corrected chi connectivity index (χ2v) is 4.69. The number of nitrogens with one attached hydrogen (secondary N) is 2. The summed E-state index contributed by atoms with van der Waals surface area (Å²) in [5.41, 5.74) is -0.0761. The van der Waals surface area contributed by atoms with Crippen molar-refractivity contribution in [3.05, 3.63) is 28.2 Å². The Labute approximate surface area is 123 Å². The van der Waals surface area contributed by atoms with Crippen molar-refractivity contribution in [3.63, 3.8) is 0 Å². The van der Waals surface area contributed by atoms with E-state index < -0.39 is 24.0 Å². The lowest BCUT2D eigenvalue weighted by Crippen LogP contribution is -2.44. The van der Waals surface area contributed by atoms with E-state index in [4.69, 9.17) is 9.84 Å². The van der Waals surface area contributed by atoms with E-state index in [1.165, 1.54) is 26.1 Å². The van der Waals surface area contributed by atoms with E-state index in [0.717, 1.165) is 0 Å². The Balaban J connectivity index is 2.87. The molecule has 0 saturated heterocycles. The number of aromatic carboxylic acids is 1. The molecule has 0 spiro atoms. The number of rotatable bonds is 4. The Hall–Kier alpha value is -2.09. The highest BCUT2D eigenvalue weighted by atomic mass is 79.9. The SMILES string of the molecule is CNC(=O)NC(=O)C(C)Oc1cc(Br)ccc1C(=O)O. The van der Waals surface area contributed by atoms with E-state index in [1.807, 2.05) is 5.32 Å². The van der Waals surface area contributed by atoms with Crippen LogP contribution in [-0.4, -0.2) is 36.2 Å². The van der Waals surface area contributed by atoms with E-state index in [1.54, 1.807) is 6.07 Å². The zero-order chi connectivity index (χ0) is 15.3. The molecule has 0 saturated carbocycles. The van der Waals surface area contributed by atoms with Gasteiger partial charge < -0.3 is 15.2 Å². The highest BCUT2D eigenvalue weighted by Gasteiger charge is 2.20. The van der Waals surface area contributed by atoms with Crippen molar-refractivity contribution in [3.8, 4) is 5.75 Å². The minimum atomic E-state index is -1.17. The Morgan fingerprint density at radius 1 is 1.35 bits per heavy atom. The van der Waals surface area contributed by atoms with Crippen molar-refractivity contribution in [2.45, 2.75) is 13.0 Å². The molecular formula is C12H13BrN2O5. The van der Waals surface area contributed by atoms with Crippen LogP contribution < -0.4 is 15.4 Å². The molecule has 7 nitrogen and oxygen atoms in total. The zero-order valence-electron chi connectivity index (χ0n) is 10.8. The van der Waals surface area contributed by atoms with E-state index in [9.17, 15) is 14.4 Å². The molecule has 0 radical (unpaired) electrons. The van der Waals surface area contributed by atoms with Gasteiger partial charge >= 0.3 is 12.0 Å². The van der Waals surface area contributed by atoms with Crippen molar-refractivity contribution >= 4 is 33.8 Å². The number of carboxylic acids is 1. The van der Waals surface area contributed by atoms with Gasteiger partial charge in [-0.3, -0.25) is 10.1 Å². The topological polar surface area (TPSA) is 105 Å². The van der Waals surface area contributed by atoms with Crippen molar-refractivity contribution in [1.82, 2.24) is 10.6 Å². The molecule has 8 heteroatoms. The third kappa shape index (κ3) is 4.23. The molecule has 1 aromatic rings. The summed E-state index contributed by atoms with van der Waals surface area (Å²) in [7, 11) is 1.37. The van der Waals surface area contributed by atoms with Crippen LogP contribution in [0.4, 0.5) is 4.79 Å². The van der Waals surface area contributed by atoms with Crippen LogP contribution in [0.25, 0.3) is 0 Å². The number of carbonyl (C=O) groups excluding carboxylic acids is 2. The van der Waals surface area contributed by atoms with Crippen LogP contribution in [0.15, 0.2) is 22.7 Å². The van der Waals surface area contributed by atoms with E-state index in [2.05, 4.69) is 21.2 Å². The molecule has 0 fully saturated rings. The summed E-state index contributed by atoms with van der Waals surface area (Å²) >= 11 is 3.19. The number of hydrogen-bond donors (Lipinski definition) is 3. The van der Waals surface area contributed by atoms with Crippen LogP contribution in [0.1, 0.15) is 17.3 Å². The number of imide groups is 1. The molecule has 0 aliphatic rings. The van der Waals surface area contributed by atoms with Gasteiger partial charge in [-0.25, -0.2) is 9.59 Å². The Morgan fingerprint density at radius 2 is 2.00 bits per heavy atom. The smallest absolute Gasteiger partial charge is 0.339 e. The Kier molecular flexibility index (Phi) is 5.51. The molecule has 1 unspecified atom stereocenters. The fourth-order valence-electron chi connectivity index (χ4n) is 1.29. The molecule has 0 heterocycles. The highest BCUT2D eigenvalue weighted by Crippen LogP contribution is 2.24. The first-order valence-corrected chi connectivity index (χ1v) is 6.36. The summed E-state index contributed by atoms with van der Waals surface area (Å²) in [4.78, 5) is 33.7. The molecule has 1 atom stereocenters. The average molecular weight is 345 g/mol. The second kappa shape index (κ2) is 6.90. The number of carbonyl (C=O) groups is 3. The van der Waals surface area contributed by atoms with E-state index in [0.29, 0.717) is 4.47 Å². The van der Waals surface area contributed by atoms with Gasteiger partial charge in [-0.05, 0) is 25.1 Å². The van der Waals surface area contributed by atoms with Gasteiger partial charge in [0.25, 0.3) is 5.91 Å². The maximum atomic E-state index is 11.6. The number of urea groups is 1.